The van der Waals surface area contributed by atoms with Gasteiger partial charge in [-0.25, -0.2) is 0 Å². The lowest BCUT2D eigenvalue weighted by atomic mass is 10.1. The quantitative estimate of drug-likeness (QED) is 0.870. The van der Waals surface area contributed by atoms with Crippen molar-refractivity contribution in [3.05, 3.63) is 58.7 Å². The number of hydrogen-bond donors (Lipinski definition) is 1. The van der Waals surface area contributed by atoms with Gasteiger partial charge in [0.05, 0.1) is 21.4 Å². The van der Waals surface area contributed by atoms with Gasteiger partial charge in [0.2, 0.25) is 0 Å². The highest BCUT2D eigenvalue weighted by molar-refractivity contribution is 7.84. The van der Waals surface area contributed by atoms with Gasteiger partial charge in [0, 0.05) is 5.69 Å². The van der Waals surface area contributed by atoms with Crippen LogP contribution in [0.4, 0.5) is 5.69 Å². The van der Waals surface area contributed by atoms with Crippen molar-refractivity contribution in [3.63, 3.8) is 0 Å². The third-order valence-electron chi connectivity index (χ3n) is 2.99. The Balaban J connectivity index is 2.28. The summed E-state index contributed by atoms with van der Waals surface area (Å²) in [6.45, 7) is 6.10. The lowest BCUT2D eigenvalue weighted by Crippen LogP contribution is -2.02. The number of nitrogen functional groups attached to an aromatic ring is 1. The second-order valence-electron chi connectivity index (χ2n) is 5.03. The van der Waals surface area contributed by atoms with E-state index in [9.17, 15) is 4.21 Å². The second kappa shape index (κ2) is 5.57. The van der Waals surface area contributed by atoms with Gasteiger partial charge in [-0.15, -0.1) is 0 Å². The monoisotopic (exact) mass is 273 g/mol. The molecule has 0 aliphatic heterocycles. The minimum atomic E-state index is -1.10. The van der Waals surface area contributed by atoms with E-state index in [0.29, 0.717) is 11.4 Å². The van der Waals surface area contributed by atoms with E-state index in [0.717, 1.165) is 16.0 Å². The maximum atomic E-state index is 12.4. The van der Waals surface area contributed by atoms with Crippen molar-refractivity contribution in [2.24, 2.45) is 0 Å². The van der Waals surface area contributed by atoms with Crippen LogP contribution in [0, 0.1) is 20.8 Å². The first-order valence-electron chi connectivity index (χ1n) is 6.27. The van der Waals surface area contributed by atoms with Crippen molar-refractivity contribution in [3.8, 4) is 0 Å². The van der Waals surface area contributed by atoms with Crippen LogP contribution in [-0.4, -0.2) is 4.21 Å². The Morgan fingerprint density at radius 2 is 1.58 bits per heavy atom. The van der Waals surface area contributed by atoms with E-state index in [1.165, 1.54) is 11.1 Å². The molecule has 0 aromatic heterocycles. The van der Waals surface area contributed by atoms with Gasteiger partial charge < -0.3 is 5.73 Å². The molecule has 0 radical (unpaired) electrons. The van der Waals surface area contributed by atoms with E-state index in [2.05, 4.69) is 32.0 Å². The number of anilines is 1. The van der Waals surface area contributed by atoms with Gasteiger partial charge in [0.1, 0.15) is 0 Å². The van der Waals surface area contributed by atoms with Crippen molar-refractivity contribution >= 4 is 16.5 Å². The van der Waals surface area contributed by atoms with Crippen LogP contribution < -0.4 is 5.73 Å². The Hall–Kier alpha value is -1.61. The molecule has 2 aromatic carbocycles. The Morgan fingerprint density at radius 1 is 0.947 bits per heavy atom. The van der Waals surface area contributed by atoms with Gasteiger partial charge in [-0.05, 0) is 44.0 Å². The molecular formula is C16H19NOS. The van der Waals surface area contributed by atoms with Crippen molar-refractivity contribution in [2.75, 3.05) is 5.73 Å². The van der Waals surface area contributed by atoms with E-state index in [-0.39, 0.29) is 0 Å². The third kappa shape index (κ3) is 3.44. The highest BCUT2D eigenvalue weighted by Crippen LogP contribution is 2.21. The predicted molar refractivity (Wildman–Crippen MR) is 81.6 cm³/mol. The third-order valence-corrected chi connectivity index (χ3v) is 4.43. The Labute approximate surface area is 117 Å². The molecule has 0 aliphatic carbocycles. The smallest absolute Gasteiger partial charge is 0.0623 e. The predicted octanol–water partition coefficient (Wildman–Crippen LogP) is 3.50. The fourth-order valence-electron chi connectivity index (χ4n) is 2.22. The summed E-state index contributed by atoms with van der Waals surface area (Å²) in [5.41, 5.74) is 11.1. The molecule has 100 valence electrons. The fraction of sp³-hybridized carbons (Fsp3) is 0.250. The summed E-state index contributed by atoms with van der Waals surface area (Å²) in [4.78, 5) is 0.735. The van der Waals surface area contributed by atoms with E-state index in [4.69, 9.17) is 5.73 Å². The topological polar surface area (TPSA) is 43.1 Å². The molecular weight excluding hydrogens is 254 g/mol. The number of benzene rings is 2. The number of rotatable bonds is 3. The van der Waals surface area contributed by atoms with Gasteiger partial charge in [-0.3, -0.25) is 4.21 Å². The molecule has 0 heterocycles. The fourth-order valence-corrected chi connectivity index (χ4v) is 3.49. The van der Waals surface area contributed by atoms with Crippen molar-refractivity contribution in [1.29, 1.82) is 0 Å². The van der Waals surface area contributed by atoms with Crippen LogP contribution in [0.5, 0.6) is 0 Å². The first kappa shape index (κ1) is 13.8. The molecule has 1 unspecified atom stereocenters. The molecule has 2 nitrogen and oxygen atoms in total. The van der Waals surface area contributed by atoms with Gasteiger partial charge >= 0.3 is 0 Å². The van der Waals surface area contributed by atoms with Crippen LogP contribution in [0.3, 0.4) is 0 Å². The molecule has 2 rings (SSSR count). The van der Waals surface area contributed by atoms with Crippen LogP contribution in [0.15, 0.2) is 41.3 Å². The highest BCUT2D eigenvalue weighted by Gasteiger charge is 2.09. The first-order chi connectivity index (χ1) is 8.95. The standard InChI is InChI=1S/C16H19NOS/c1-11-4-5-15(17)16(9-11)19(18)10-14-7-12(2)6-13(3)8-14/h4-9H,10,17H2,1-3H3. The van der Waals surface area contributed by atoms with Crippen LogP contribution in [-0.2, 0) is 16.6 Å². The lowest BCUT2D eigenvalue weighted by molar-refractivity contribution is 0.683. The van der Waals surface area contributed by atoms with Crippen molar-refractivity contribution < 1.29 is 4.21 Å². The molecule has 0 bridgehead atoms. The second-order valence-corrected chi connectivity index (χ2v) is 6.45. The SMILES string of the molecule is Cc1cc(C)cc(CS(=O)c2cc(C)ccc2N)c1. The molecule has 0 spiro atoms. The molecule has 0 aliphatic rings. The van der Waals surface area contributed by atoms with Crippen LogP contribution in [0.2, 0.25) is 0 Å². The Kier molecular flexibility index (Phi) is 4.05. The zero-order valence-electron chi connectivity index (χ0n) is 11.6. The van der Waals surface area contributed by atoms with Gasteiger partial charge in [0.15, 0.2) is 0 Å². The summed E-state index contributed by atoms with van der Waals surface area (Å²) in [5, 5.41) is 0. The van der Waals surface area contributed by atoms with Gasteiger partial charge in [-0.2, -0.15) is 0 Å². The normalized spacial score (nSPS) is 12.4. The van der Waals surface area contributed by atoms with Crippen LogP contribution in [0.1, 0.15) is 22.3 Å². The Bertz CT molecular complexity index is 614. The zero-order valence-corrected chi connectivity index (χ0v) is 12.4. The molecule has 2 aromatic rings. The molecule has 3 heteroatoms. The van der Waals surface area contributed by atoms with Gasteiger partial charge in [0.25, 0.3) is 0 Å². The van der Waals surface area contributed by atoms with E-state index >= 15 is 0 Å². The van der Waals surface area contributed by atoms with Gasteiger partial charge in [-0.1, -0.05) is 35.4 Å². The molecule has 0 fully saturated rings. The van der Waals surface area contributed by atoms with E-state index < -0.39 is 10.8 Å². The summed E-state index contributed by atoms with van der Waals surface area (Å²) in [6, 6.07) is 12.0. The van der Waals surface area contributed by atoms with Crippen molar-refractivity contribution in [1.82, 2.24) is 0 Å². The molecule has 0 saturated heterocycles. The number of hydrogen-bond acceptors (Lipinski definition) is 2. The van der Waals surface area contributed by atoms with Crippen molar-refractivity contribution in [2.45, 2.75) is 31.4 Å². The van der Waals surface area contributed by atoms with E-state index in [1.807, 2.05) is 25.1 Å². The maximum Gasteiger partial charge on any atom is 0.0623 e. The van der Waals surface area contributed by atoms with Crippen LogP contribution in [0.25, 0.3) is 0 Å². The lowest BCUT2D eigenvalue weighted by Gasteiger charge is -2.08. The summed E-state index contributed by atoms with van der Waals surface area (Å²) in [7, 11) is -1.10. The number of nitrogens with two attached hydrogens (primary N) is 1. The molecule has 0 saturated carbocycles. The summed E-state index contributed by atoms with van der Waals surface area (Å²) < 4.78 is 12.4. The summed E-state index contributed by atoms with van der Waals surface area (Å²) in [5.74, 6) is 0.510. The highest BCUT2D eigenvalue weighted by atomic mass is 32.2. The minimum Gasteiger partial charge on any atom is -0.398 e. The average molecular weight is 273 g/mol. The largest absolute Gasteiger partial charge is 0.398 e. The van der Waals surface area contributed by atoms with E-state index in [1.54, 1.807) is 0 Å². The summed E-state index contributed by atoms with van der Waals surface area (Å²) in [6.07, 6.45) is 0. The summed E-state index contributed by atoms with van der Waals surface area (Å²) >= 11 is 0. The molecule has 2 N–H and O–H groups in total. The average Bonchev–Trinajstić information content (AvgIpc) is 2.30. The zero-order chi connectivity index (χ0) is 14.0. The minimum absolute atomic E-state index is 0.510. The first-order valence-corrected chi connectivity index (χ1v) is 7.59. The molecule has 1 atom stereocenters. The number of aryl methyl sites for hydroxylation is 3. The molecule has 19 heavy (non-hydrogen) atoms. The maximum absolute atomic E-state index is 12.4. The van der Waals surface area contributed by atoms with Crippen LogP contribution >= 0.6 is 0 Å². The Morgan fingerprint density at radius 3 is 2.21 bits per heavy atom. The molecule has 0 amide bonds.